The molecule has 0 aromatic rings. The van der Waals surface area contributed by atoms with Gasteiger partial charge in [-0.25, -0.2) is 12.7 Å². The summed E-state index contributed by atoms with van der Waals surface area (Å²) in [7, 11) is -3.05. The minimum Gasteiger partial charge on any atom is -0.316 e. The molecule has 1 heterocycles. The first kappa shape index (κ1) is 14.3. The first-order valence-corrected chi connectivity index (χ1v) is 8.91. The number of hydrogen-bond acceptors (Lipinski definition) is 3. The molecule has 0 aromatic heterocycles. The van der Waals surface area contributed by atoms with Crippen LogP contribution in [0, 0.1) is 11.8 Å². The Morgan fingerprint density at radius 3 is 2.56 bits per heavy atom. The van der Waals surface area contributed by atoms with E-state index < -0.39 is 10.0 Å². The summed E-state index contributed by atoms with van der Waals surface area (Å²) in [6.45, 7) is 5.41. The third kappa shape index (κ3) is 4.21. The van der Waals surface area contributed by atoms with Gasteiger partial charge in [-0.3, -0.25) is 0 Å². The molecule has 1 aliphatic heterocycles. The second-order valence-corrected chi connectivity index (χ2v) is 7.81. The average molecular weight is 274 g/mol. The number of rotatable bonds is 7. The van der Waals surface area contributed by atoms with E-state index in [1.54, 1.807) is 4.31 Å². The van der Waals surface area contributed by atoms with Gasteiger partial charge in [0.2, 0.25) is 10.0 Å². The lowest BCUT2D eigenvalue weighted by atomic mass is 10.0. The standard InChI is InChI=1S/C13H26N2O2S/c1-2-8-15(10-12-5-6-12)18(16,17)11-13-4-3-7-14-9-13/h12-14H,2-11H2,1H3. The number of nitrogens with zero attached hydrogens (tertiary/aromatic N) is 1. The molecule has 1 unspecified atom stereocenters. The lowest BCUT2D eigenvalue weighted by Crippen LogP contribution is -2.41. The van der Waals surface area contributed by atoms with Crippen molar-refractivity contribution in [2.75, 3.05) is 31.9 Å². The molecule has 18 heavy (non-hydrogen) atoms. The fourth-order valence-corrected chi connectivity index (χ4v) is 4.64. The van der Waals surface area contributed by atoms with Gasteiger partial charge in [-0.2, -0.15) is 0 Å². The zero-order valence-electron chi connectivity index (χ0n) is 11.4. The monoisotopic (exact) mass is 274 g/mol. The Labute approximate surface area is 111 Å². The van der Waals surface area contributed by atoms with Gasteiger partial charge >= 0.3 is 0 Å². The summed E-state index contributed by atoms with van der Waals surface area (Å²) in [5.41, 5.74) is 0. The second-order valence-electron chi connectivity index (χ2n) is 5.79. The number of hydrogen-bond donors (Lipinski definition) is 1. The van der Waals surface area contributed by atoms with Crippen molar-refractivity contribution < 1.29 is 8.42 Å². The summed E-state index contributed by atoms with van der Waals surface area (Å²) < 4.78 is 26.6. The summed E-state index contributed by atoms with van der Waals surface area (Å²) in [6.07, 6.45) is 5.49. The summed E-state index contributed by atoms with van der Waals surface area (Å²) in [4.78, 5) is 0. The van der Waals surface area contributed by atoms with E-state index in [-0.39, 0.29) is 0 Å². The molecule has 1 saturated heterocycles. The van der Waals surface area contributed by atoms with Crippen LogP contribution in [0.2, 0.25) is 0 Å². The van der Waals surface area contributed by atoms with E-state index >= 15 is 0 Å². The Balaban J connectivity index is 1.91. The van der Waals surface area contributed by atoms with Crippen LogP contribution < -0.4 is 5.32 Å². The molecule has 0 bridgehead atoms. The van der Waals surface area contributed by atoms with E-state index in [0.717, 1.165) is 38.9 Å². The molecule has 2 fully saturated rings. The van der Waals surface area contributed by atoms with E-state index in [4.69, 9.17) is 0 Å². The van der Waals surface area contributed by atoms with Crippen molar-refractivity contribution in [3.05, 3.63) is 0 Å². The highest BCUT2D eigenvalue weighted by Crippen LogP contribution is 2.31. The minimum atomic E-state index is -3.05. The van der Waals surface area contributed by atoms with Crippen molar-refractivity contribution in [3.8, 4) is 0 Å². The topological polar surface area (TPSA) is 49.4 Å². The maximum Gasteiger partial charge on any atom is 0.214 e. The average Bonchev–Trinajstić information content (AvgIpc) is 3.13. The summed E-state index contributed by atoms with van der Waals surface area (Å²) in [6, 6.07) is 0. The van der Waals surface area contributed by atoms with Gasteiger partial charge in [0.05, 0.1) is 5.75 Å². The molecule has 106 valence electrons. The predicted molar refractivity (Wildman–Crippen MR) is 74.0 cm³/mol. The van der Waals surface area contributed by atoms with Gasteiger partial charge in [0, 0.05) is 13.1 Å². The third-order valence-corrected chi connectivity index (χ3v) is 5.88. The van der Waals surface area contributed by atoms with Gasteiger partial charge in [-0.1, -0.05) is 6.92 Å². The lowest BCUT2D eigenvalue weighted by Gasteiger charge is -2.27. The molecule has 1 aliphatic carbocycles. The highest BCUT2D eigenvalue weighted by Gasteiger charge is 2.31. The number of piperidine rings is 1. The van der Waals surface area contributed by atoms with Crippen molar-refractivity contribution in [2.45, 2.75) is 39.0 Å². The minimum absolute atomic E-state index is 0.308. The van der Waals surface area contributed by atoms with Gasteiger partial charge in [0.15, 0.2) is 0 Å². The van der Waals surface area contributed by atoms with Gasteiger partial charge < -0.3 is 5.32 Å². The van der Waals surface area contributed by atoms with Crippen LogP contribution in [-0.2, 0) is 10.0 Å². The zero-order chi connectivity index (χ0) is 13.0. The highest BCUT2D eigenvalue weighted by atomic mass is 32.2. The van der Waals surface area contributed by atoms with Crippen LogP contribution in [-0.4, -0.2) is 44.7 Å². The van der Waals surface area contributed by atoms with Gasteiger partial charge in [0.25, 0.3) is 0 Å². The van der Waals surface area contributed by atoms with Crippen LogP contribution >= 0.6 is 0 Å². The molecule has 2 rings (SSSR count). The van der Waals surface area contributed by atoms with Gasteiger partial charge in [-0.15, -0.1) is 0 Å². The Kier molecular flexibility index (Phi) is 5.04. The maximum atomic E-state index is 12.5. The Morgan fingerprint density at radius 1 is 1.22 bits per heavy atom. The smallest absolute Gasteiger partial charge is 0.214 e. The van der Waals surface area contributed by atoms with Crippen LogP contribution in [0.25, 0.3) is 0 Å². The van der Waals surface area contributed by atoms with Crippen LogP contribution in [0.4, 0.5) is 0 Å². The summed E-state index contributed by atoms with van der Waals surface area (Å²) in [5, 5.41) is 3.30. The molecular formula is C13H26N2O2S. The number of nitrogens with one attached hydrogen (secondary N) is 1. The number of sulfonamides is 1. The van der Waals surface area contributed by atoms with Crippen molar-refractivity contribution in [1.29, 1.82) is 0 Å². The highest BCUT2D eigenvalue weighted by molar-refractivity contribution is 7.89. The Bertz CT molecular complexity index is 346. The van der Waals surface area contributed by atoms with Gasteiger partial charge in [0.1, 0.15) is 0 Å². The molecule has 1 atom stereocenters. The molecule has 0 radical (unpaired) electrons. The normalized spacial score (nSPS) is 25.6. The molecule has 0 spiro atoms. The van der Waals surface area contributed by atoms with E-state index in [0.29, 0.717) is 24.1 Å². The van der Waals surface area contributed by atoms with Crippen molar-refractivity contribution in [2.24, 2.45) is 11.8 Å². The molecule has 0 aromatic carbocycles. The fraction of sp³-hybridized carbons (Fsp3) is 1.00. The fourth-order valence-electron chi connectivity index (χ4n) is 2.65. The Morgan fingerprint density at radius 2 is 2.00 bits per heavy atom. The first-order chi connectivity index (χ1) is 8.62. The lowest BCUT2D eigenvalue weighted by molar-refractivity contribution is 0.369. The summed E-state index contributed by atoms with van der Waals surface area (Å²) >= 11 is 0. The van der Waals surface area contributed by atoms with Crippen molar-refractivity contribution in [1.82, 2.24) is 9.62 Å². The Hall–Kier alpha value is -0.130. The predicted octanol–water partition coefficient (Wildman–Crippen LogP) is 1.44. The van der Waals surface area contributed by atoms with Gasteiger partial charge in [-0.05, 0) is 57.0 Å². The molecule has 1 N–H and O–H groups in total. The van der Waals surface area contributed by atoms with E-state index in [1.165, 1.54) is 12.8 Å². The van der Waals surface area contributed by atoms with Crippen LogP contribution in [0.3, 0.4) is 0 Å². The van der Waals surface area contributed by atoms with E-state index in [1.807, 2.05) is 0 Å². The van der Waals surface area contributed by atoms with E-state index in [9.17, 15) is 8.42 Å². The first-order valence-electron chi connectivity index (χ1n) is 7.30. The molecule has 2 aliphatic rings. The zero-order valence-corrected chi connectivity index (χ0v) is 12.2. The molecule has 0 amide bonds. The molecule has 4 nitrogen and oxygen atoms in total. The van der Waals surface area contributed by atoms with Crippen LogP contribution in [0.15, 0.2) is 0 Å². The van der Waals surface area contributed by atoms with E-state index in [2.05, 4.69) is 12.2 Å². The maximum absolute atomic E-state index is 12.5. The largest absolute Gasteiger partial charge is 0.316 e. The SMILES string of the molecule is CCCN(CC1CC1)S(=O)(=O)CC1CCCNC1. The third-order valence-electron chi connectivity index (χ3n) is 3.87. The molecule has 1 saturated carbocycles. The van der Waals surface area contributed by atoms with Crippen LogP contribution in [0.5, 0.6) is 0 Å². The van der Waals surface area contributed by atoms with Crippen molar-refractivity contribution >= 4 is 10.0 Å². The second kappa shape index (κ2) is 6.35. The summed E-state index contributed by atoms with van der Waals surface area (Å²) in [5.74, 6) is 1.28. The molecular weight excluding hydrogens is 248 g/mol. The molecule has 5 heteroatoms. The van der Waals surface area contributed by atoms with Crippen molar-refractivity contribution in [3.63, 3.8) is 0 Å². The van der Waals surface area contributed by atoms with Crippen LogP contribution in [0.1, 0.15) is 39.0 Å². The quantitative estimate of drug-likeness (QED) is 0.764.